The van der Waals surface area contributed by atoms with E-state index in [4.69, 9.17) is 4.74 Å². The Morgan fingerprint density at radius 1 is 1.29 bits per heavy atom. The van der Waals surface area contributed by atoms with Gasteiger partial charge in [-0.25, -0.2) is 22.7 Å². The van der Waals surface area contributed by atoms with Gasteiger partial charge in [-0.1, -0.05) is 0 Å². The lowest BCUT2D eigenvalue weighted by Crippen LogP contribution is -2.41. The molecule has 1 aromatic heterocycles. The van der Waals surface area contributed by atoms with Gasteiger partial charge in [-0.05, 0) is 18.9 Å². The van der Waals surface area contributed by atoms with E-state index in [-0.39, 0.29) is 6.10 Å². The number of hydrogen-bond acceptors (Lipinski definition) is 5. The Morgan fingerprint density at radius 3 is 2.41 bits per heavy atom. The van der Waals surface area contributed by atoms with Crippen molar-refractivity contribution in [2.75, 3.05) is 19.3 Å². The molecule has 7 heteroatoms. The van der Waals surface area contributed by atoms with Crippen LogP contribution in [-0.4, -0.2) is 48.1 Å². The number of sulfonamides is 1. The highest BCUT2D eigenvalue weighted by Gasteiger charge is 2.26. The quantitative estimate of drug-likeness (QED) is 0.777. The lowest BCUT2D eigenvalue weighted by atomic mass is 10.1. The van der Waals surface area contributed by atoms with Crippen molar-refractivity contribution in [3.8, 4) is 6.01 Å². The third-order valence-electron chi connectivity index (χ3n) is 2.68. The summed E-state index contributed by atoms with van der Waals surface area (Å²) in [4.78, 5) is 7.95. The maximum Gasteiger partial charge on any atom is 0.316 e. The Labute approximate surface area is 101 Å². The highest BCUT2D eigenvalue weighted by atomic mass is 32.2. The Hall–Kier alpha value is -1.21. The Bertz CT molecular complexity index is 455. The molecule has 0 unspecified atom stereocenters. The summed E-state index contributed by atoms with van der Waals surface area (Å²) >= 11 is 0. The third-order valence-corrected chi connectivity index (χ3v) is 3.99. The van der Waals surface area contributed by atoms with Crippen molar-refractivity contribution in [2.45, 2.75) is 18.9 Å². The predicted molar refractivity (Wildman–Crippen MR) is 62.1 cm³/mol. The van der Waals surface area contributed by atoms with Crippen molar-refractivity contribution in [3.63, 3.8) is 0 Å². The first-order chi connectivity index (χ1) is 8.05. The van der Waals surface area contributed by atoms with Crippen LogP contribution in [0.1, 0.15) is 12.8 Å². The fraction of sp³-hybridized carbons (Fsp3) is 0.600. The van der Waals surface area contributed by atoms with Crippen LogP contribution in [0.3, 0.4) is 0 Å². The Morgan fingerprint density at radius 2 is 1.88 bits per heavy atom. The van der Waals surface area contributed by atoms with Crippen molar-refractivity contribution in [1.82, 2.24) is 14.3 Å². The molecule has 17 heavy (non-hydrogen) atoms. The van der Waals surface area contributed by atoms with Crippen LogP contribution >= 0.6 is 0 Å². The zero-order valence-electron chi connectivity index (χ0n) is 9.61. The monoisotopic (exact) mass is 257 g/mol. The summed E-state index contributed by atoms with van der Waals surface area (Å²) in [6, 6.07) is 2.07. The second-order valence-electron chi connectivity index (χ2n) is 4.01. The molecular formula is C10H15N3O3S. The number of rotatable bonds is 3. The summed E-state index contributed by atoms with van der Waals surface area (Å²) in [5.74, 6) is 0. The molecule has 1 aliphatic heterocycles. The van der Waals surface area contributed by atoms with Crippen molar-refractivity contribution >= 4 is 10.0 Å². The van der Waals surface area contributed by atoms with Crippen LogP contribution in [0.15, 0.2) is 18.5 Å². The number of ether oxygens (including phenoxy) is 1. The lowest BCUT2D eigenvalue weighted by molar-refractivity contribution is 0.124. The van der Waals surface area contributed by atoms with Crippen molar-refractivity contribution in [2.24, 2.45) is 0 Å². The summed E-state index contributed by atoms with van der Waals surface area (Å²) in [5.41, 5.74) is 0. The van der Waals surface area contributed by atoms with Gasteiger partial charge >= 0.3 is 6.01 Å². The smallest absolute Gasteiger partial charge is 0.316 e. The zero-order chi connectivity index (χ0) is 12.3. The molecule has 1 aliphatic rings. The van der Waals surface area contributed by atoms with E-state index in [1.165, 1.54) is 10.6 Å². The Kier molecular flexibility index (Phi) is 3.58. The van der Waals surface area contributed by atoms with Crippen LogP contribution in [0.2, 0.25) is 0 Å². The van der Waals surface area contributed by atoms with Gasteiger partial charge in [0.25, 0.3) is 0 Å². The second kappa shape index (κ2) is 4.97. The molecule has 0 atom stereocenters. The fourth-order valence-corrected chi connectivity index (χ4v) is 2.65. The minimum atomic E-state index is -3.08. The van der Waals surface area contributed by atoms with Gasteiger partial charge in [0, 0.05) is 25.5 Å². The van der Waals surface area contributed by atoms with Gasteiger partial charge in [0.15, 0.2) is 0 Å². The molecule has 2 heterocycles. The summed E-state index contributed by atoms with van der Waals surface area (Å²) < 4.78 is 29.7. The Balaban J connectivity index is 1.88. The normalized spacial score (nSPS) is 19.1. The maximum absolute atomic E-state index is 11.3. The maximum atomic E-state index is 11.3. The van der Waals surface area contributed by atoms with Gasteiger partial charge in [-0.3, -0.25) is 0 Å². The molecule has 0 amide bonds. The van der Waals surface area contributed by atoms with Crippen LogP contribution in [0.5, 0.6) is 6.01 Å². The highest BCUT2D eigenvalue weighted by Crippen LogP contribution is 2.17. The van der Waals surface area contributed by atoms with Gasteiger partial charge in [0.1, 0.15) is 6.10 Å². The van der Waals surface area contributed by atoms with Crippen LogP contribution < -0.4 is 4.74 Å². The van der Waals surface area contributed by atoms with Crippen molar-refractivity contribution < 1.29 is 13.2 Å². The van der Waals surface area contributed by atoms with Crippen LogP contribution in [0, 0.1) is 0 Å². The van der Waals surface area contributed by atoms with Gasteiger partial charge in [0.2, 0.25) is 10.0 Å². The molecule has 94 valence electrons. The summed E-state index contributed by atoms with van der Waals surface area (Å²) in [6.07, 6.45) is 5.81. The first-order valence-corrected chi connectivity index (χ1v) is 7.29. The lowest BCUT2D eigenvalue weighted by Gasteiger charge is -2.29. The first kappa shape index (κ1) is 12.3. The average Bonchev–Trinajstić information content (AvgIpc) is 2.30. The molecule has 0 radical (unpaired) electrons. The average molecular weight is 257 g/mol. The van der Waals surface area contributed by atoms with E-state index in [1.54, 1.807) is 18.5 Å². The molecular weight excluding hydrogens is 242 g/mol. The van der Waals surface area contributed by atoms with Crippen molar-refractivity contribution in [1.29, 1.82) is 0 Å². The van der Waals surface area contributed by atoms with Gasteiger partial charge in [-0.15, -0.1) is 0 Å². The van der Waals surface area contributed by atoms with E-state index in [9.17, 15) is 8.42 Å². The van der Waals surface area contributed by atoms with E-state index in [0.717, 1.165) is 0 Å². The molecule has 6 nitrogen and oxygen atoms in total. The summed E-state index contributed by atoms with van der Waals surface area (Å²) in [7, 11) is -3.08. The number of aromatic nitrogens is 2. The standard InChI is InChI=1S/C10H15N3O3S/c1-17(14,15)13-7-3-9(4-8-13)16-10-11-5-2-6-12-10/h2,5-6,9H,3-4,7-8H2,1H3. The van der Waals surface area contributed by atoms with E-state index < -0.39 is 10.0 Å². The van der Waals surface area contributed by atoms with Gasteiger partial charge in [-0.2, -0.15) is 0 Å². The van der Waals surface area contributed by atoms with Crippen LogP contribution in [-0.2, 0) is 10.0 Å². The van der Waals surface area contributed by atoms with E-state index >= 15 is 0 Å². The molecule has 1 aromatic rings. The van der Waals surface area contributed by atoms with Crippen molar-refractivity contribution in [3.05, 3.63) is 18.5 Å². The molecule has 0 aliphatic carbocycles. The molecule has 0 N–H and O–H groups in total. The minimum absolute atomic E-state index is 0.00426. The van der Waals surface area contributed by atoms with E-state index in [0.29, 0.717) is 31.9 Å². The predicted octanol–water partition coefficient (Wildman–Crippen LogP) is 0.279. The molecule has 1 fully saturated rings. The molecule has 0 aromatic carbocycles. The number of nitrogens with zero attached hydrogens (tertiary/aromatic N) is 3. The molecule has 0 saturated carbocycles. The number of piperidine rings is 1. The summed E-state index contributed by atoms with van der Waals surface area (Å²) in [5, 5.41) is 0. The van der Waals surface area contributed by atoms with Gasteiger partial charge in [0.05, 0.1) is 6.26 Å². The fourth-order valence-electron chi connectivity index (χ4n) is 1.78. The number of hydrogen-bond donors (Lipinski definition) is 0. The first-order valence-electron chi connectivity index (χ1n) is 5.44. The molecule has 1 saturated heterocycles. The molecule has 0 bridgehead atoms. The van der Waals surface area contributed by atoms with E-state index in [1.807, 2.05) is 0 Å². The SMILES string of the molecule is CS(=O)(=O)N1CCC(Oc2ncccn2)CC1. The third kappa shape index (κ3) is 3.37. The molecule has 2 rings (SSSR count). The topological polar surface area (TPSA) is 72.4 Å². The highest BCUT2D eigenvalue weighted by molar-refractivity contribution is 7.88. The van der Waals surface area contributed by atoms with Gasteiger partial charge < -0.3 is 4.74 Å². The van der Waals surface area contributed by atoms with E-state index in [2.05, 4.69) is 9.97 Å². The molecule has 0 spiro atoms. The minimum Gasteiger partial charge on any atom is -0.460 e. The largest absolute Gasteiger partial charge is 0.460 e. The zero-order valence-corrected chi connectivity index (χ0v) is 10.4. The van der Waals surface area contributed by atoms with Crippen LogP contribution in [0.4, 0.5) is 0 Å². The second-order valence-corrected chi connectivity index (χ2v) is 5.99. The summed E-state index contributed by atoms with van der Waals surface area (Å²) in [6.45, 7) is 0.993. The van der Waals surface area contributed by atoms with Crippen LogP contribution in [0.25, 0.3) is 0 Å².